The maximum absolute atomic E-state index is 14.7. The maximum atomic E-state index is 14.7. The molecular weight excluding hydrogens is 617 g/mol. The lowest BCUT2D eigenvalue weighted by atomic mass is 10.00. The van der Waals surface area contributed by atoms with Crippen LogP contribution in [0.1, 0.15) is 44.2 Å². The third-order valence-electron chi connectivity index (χ3n) is 6.98. The van der Waals surface area contributed by atoms with E-state index < -0.39 is 17.8 Å². The molecule has 0 bridgehead atoms. The number of carbonyl (C=O) groups is 2. The van der Waals surface area contributed by atoms with E-state index in [0.717, 1.165) is 37.6 Å². The number of rotatable bonds is 8. The second kappa shape index (κ2) is 15.7. The van der Waals surface area contributed by atoms with Crippen molar-refractivity contribution < 1.29 is 28.2 Å². The second-order valence-corrected chi connectivity index (χ2v) is 12.7. The number of amides is 1. The molecule has 2 saturated carbocycles. The largest absolute Gasteiger partial charge is 0.481 e. The highest BCUT2D eigenvalue weighted by Gasteiger charge is 2.44. The van der Waals surface area contributed by atoms with Crippen LogP contribution in [0.4, 0.5) is 14.5 Å². The fourth-order valence-corrected chi connectivity index (χ4v) is 6.18. The Balaban J connectivity index is 0.000000326. The molecule has 6 rings (SSSR count). The lowest BCUT2D eigenvalue weighted by molar-refractivity contribution is -0.152. The van der Waals surface area contributed by atoms with Crippen LogP contribution in [-0.4, -0.2) is 52.9 Å². The summed E-state index contributed by atoms with van der Waals surface area (Å²) in [6, 6.07) is 20.4. The van der Waals surface area contributed by atoms with Crippen LogP contribution < -0.4 is 4.31 Å². The van der Waals surface area contributed by atoms with Gasteiger partial charge in [0.1, 0.15) is 18.2 Å². The Morgan fingerprint density at radius 3 is 2.23 bits per heavy atom. The smallest absolute Gasteiger partial charge is 0.300 e. The van der Waals surface area contributed by atoms with E-state index in [4.69, 9.17) is 37.8 Å². The summed E-state index contributed by atoms with van der Waals surface area (Å²) >= 11 is 13.1. The van der Waals surface area contributed by atoms with Crippen LogP contribution in [0.2, 0.25) is 10.0 Å². The number of morpholine rings is 1. The first-order valence-corrected chi connectivity index (χ1v) is 15.7. The molecular formula is C32H34Cl2F2N2O4S. The van der Waals surface area contributed by atoms with E-state index in [1.54, 1.807) is 30.1 Å². The van der Waals surface area contributed by atoms with E-state index in [2.05, 4.69) is 0 Å². The van der Waals surface area contributed by atoms with Gasteiger partial charge in [0.25, 0.3) is 5.97 Å². The average Bonchev–Trinajstić information content (AvgIpc) is 3.90. The van der Waals surface area contributed by atoms with Crippen molar-refractivity contribution in [2.45, 2.75) is 49.9 Å². The summed E-state index contributed by atoms with van der Waals surface area (Å²) < 4.78 is 36.5. The lowest BCUT2D eigenvalue weighted by Gasteiger charge is -2.43. The summed E-state index contributed by atoms with van der Waals surface area (Å²) in [5.41, 5.74) is 1.21. The van der Waals surface area contributed by atoms with Crippen LogP contribution in [0, 0.1) is 17.6 Å². The van der Waals surface area contributed by atoms with Crippen molar-refractivity contribution >= 4 is 52.7 Å². The van der Waals surface area contributed by atoms with Gasteiger partial charge in [0.2, 0.25) is 5.91 Å². The standard InChI is InChI=1S/C24H25ClF2N2O2S.C6H5Cl.C2H4O2/c25-18-10-7-16(11-20(18)27)23-13-31-14-24(30)29(23)22(15-5-6-15)12-28(32-17-8-9-17)21-4-2-1-3-19(21)26;7-6-4-2-1-3-5-6;1-2(3)4/h1-4,7,10-11,15,17,22-23H,5-6,8-9,12-14H2;1-5H;1H3,(H,3,4). The van der Waals surface area contributed by atoms with Gasteiger partial charge in [0, 0.05) is 17.2 Å². The van der Waals surface area contributed by atoms with Crippen LogP contribution in [0.5, 0.6) is 0 Å². The predicted octanol–water partition coefficient (Wildman–Crippen LogP) is 8.04. The van der Waals surface area contributed by atoms with Crippen LogP contribution >= 0.6 is 35.1 Å². The van der Waals surface area contributed by atoms with Crippen LogP contribution in [0.15, 0.2) is 72.8 Å². The van der Waals surface area contributed by atoms with Crippen molar-refractivity contribution in [1.82, 2.24) is 4.90 Å². The van der Waals surface area contributed by atoms with E-state index >= 15 is 0 Å². The molecule has 1 saturated heterocycles. The molecule has 3 fully saturated rings. The molecule has 0 aromatic heterocycles. The van der Waals surface area contributed by atoms with E-state index in [1.165, 1.54) is 18.2 Å². The highest BCUT2D eigenvalue weighted by molar-refractivity contribution is 8.01. The SMILES string of the molecule is CC(=O)O.Clc1ccccc1.O=C1COCC(c2ccc(Cl)c(F)c2)N1C(CN(SC1CC1)c1ccccc1F)C1CC1. The monoisotopic (exact) mass is 650 g/mol. The minimum Gasteiger partial charge on any atom is -0.481 e. The zero-order chi connectivity index (χ0) is 30.9. The number of carboxylic acids is 1. The number of hydrogen-bond acceptors (Lipinski definition) is 5. The summed E-state index contributed by atoms with van der Waals surface area (Å²) in [4.78, 5) is 24.0. The Hall–Kier alpha value is -2.85. The number of hydrogen-bond donors (Lipinski definition) is 1. The summed E-state index contributed by atoms with van der Waals surface area (Å²) in [6.07, 6.45) is 4.28. The molecule has 1 heterocycles. The minimum absolute atomic E-state index is 0.00522. The van der Waals surface area contributed by atoms with Crippen LogP contribution in [-0.2, 0) is 14.3 Å². The number of ether oxygens (including phenoxy) is 1. The fraction of sp³-hybridized carbons (Fsp3) is 0.375. The predicted molar refractivity (Wildman–Crippen MR) is 167 cm³/mol. The fourth-order valence-electron chi connectivity index (χ4n) is 4.71. The Morgan fingerprint density at radius 2 is 1.67 bits per heavy atom. The van der Waals surface area contributed by atoms with Gasteiger partial charge in [-0.25, -0.2) is 8.78 Å². The number of carboxylic acid groups (broad SMARTS) is 1. The Bertz CT molecular complexity index is 1370. The zero-order valence-corrected chi connectivity index (χ0v) is 26.0. The number of aliphatic carboxylic acids is 1. The molecule has 230 valence electrons. The molecule has 1 aliphatic heterocycles. The summed E-state index contributed by atoms with van der Waals surface area (Å²) in [5, 5.41) is 8.74. The molecule has 1 amide bonds. The quantitative estimate of drug-likeness (QED) is 0.249. The van der Waals surface area contributed by atoms with Gasteiger partial charge >= 0.3 is 0 Å². The Labute approximate surface area is 265 Å². The topological polar surface area (TPSA) is 70.1 Å². The molecule has 6 nitrogen and oxygen atoms in total. The lowest BCUT2D eigenvalue weighted by Crippen LogP contribution is -2.53. The number of benzene rings is 3. The summed E-state index contributed by atoms with van der Waals surface area (Å²) in [6.45, 7) is 1.90. The first-order chi connectivity index (χ1) is 20.6. The molecule has 2 aliphatic carbocycles. The maximum Gasteiger partial charge on any atom is 0.300 e. The third kappa shape index (κ3) is 10.1. The molecule has 43 heavy (non-hydrogen) atoms. The molecule has 3 aliphatic rings. The van der Waals surface area contributed by atoms with Crippen LogP contribution in [0.25, 0.3) is 0 Å². The van der Waals surface area contributed by atoms with E-state index in [9.17, 15) is 13.6 Å². The van der Waals surface area contributed by atoms with Gasteiger partial charge < -0.3 is 19.0 Å². The summed E-state index contributed by atoms with van der Waals surface area (Å²) in [7, 11) is 0. The van der Waals surface area contributed by atoms with Crippen molar-refractivity contribution in [3.63, 3.8) is 0 Å². The van der Waals surface area contributed by atoms with Gasteiger partial charge in [-0.05, 0) is 85.5 Å². The second-order valence-electron chi connectivity index (χ2n) is 10.5. The van der Waals surface area contributed by atoms with Gasteiger partial charge in [-0.3, -0.25) is 9.59 Å². The highest BCUT2D eigenvalue weighted by Crippen LogP contribution is 2.44. The normalized spacial score (nSPS) is 18.5. The zero-order valence-electron chi connectivity index (χ0n) is 23.7. The van der Waals surface area contributed by atoms with Crippen molar-refractivity contribution in [3.8, 4) is 0 Å². The van der Waals surface area contributed by atoms with E-state index in [1.807, 2.05) is 45.6 Å². The molecule has 2 unspecified atom stereocenters. The van der Waals surface area contributed by atoms with Gasteiger partial charge in [-0.15, -0.1) is 0 Å². The highest BCUT2D eigenvalue weighted by atomic mass is 35.5. The Morgan fingerprint density at radius 1 is 1.02 bits per heavy atom. The number of para-hydroxylation sites is 1. The van der Waals surface area contributed by atoms with Crippen LogP contribution in [0.3, 0.4) is 0 Å². The van der Waals surface area contributed by atoms with Gasteiger partial charge in [0.05, 0.1) is 35.9 Å². The van der Waals surface area contributed by atoms with Crippen molar-refractivity contribution in [2.75, 3.05) is 24.1 Å². The van der Waals surface area contributed by atoms with Gasteiger partial charge in [0.15, 0.2) is 0 Å². The van der Waals surface area contributed by atoms with Gasteiger partial charge in [-0.2, -0.15) is 0 Å². The number of halogens is 4. The first kappa shape index (κ1) is 33.1. The molecule has 2 atom stereocenters. The molecule has 3 aromatic carbocycles. The third-order valence-corrected chi connectivity index (χ3v) is 8.91. The number of nitrogens with zero attached hydrogens (tertiary/aromatic N) is 2. The van der Waals surface area contributed by atoms with Crippen molar-refractivity contribution in [2.24, 2.45) is 5.92 Å². The number of carbonyl (C=O) groups excluding carboxylic acids is 1. The average molecular weight is 652 g/mol. The van der Waals surface area contributed by atoms with E-state index in [-0.39, 0.29) is 29.4 Å². The molecule has 11 heteroatoms. The Kier molecular flexibility index (Phi) is 12.1. The molecule has 3 aromatic rings. The molecule has 0 radical (unpaired) electrons. The molecule has 0 spiro atoms. The first-order valence-electron chi connectivity index (χ1n) is 14.1. The van der Waals surface area contributed by atoms with Gasteiger partial charge in [-0.1, -0.05) is 59.6 Å². The minimum atomic E-state index is -0.833. The molecule has 1 N–H and O–H groups in total. The van der Waals surface area contributed by atoms with Crippen molar-refractivity contribution in [1.29, 1.82) is 0 Å². The summed E-state index contributed by atoms with van der Waals surface area (Å²) in [5.74, 6) is -1.38. The van der Waals surface area contributed by atoms with E-state index in [0.29, 0.717) is 35.6 Å². The number of anilines is 1. The van der Waals surface area contributed by atoms with Crippen molar-refractivity contribution in [3.05, 3.63) is 100 Å².